The Hall–Kier alpha value is -1.45. The van der Waals surface area contributed by atoms with Crippen LogP contribution in [0.15, 0.2) is 17.3 Å². The molecule has 0 aliphatic carbocycles. The van der Waals surface area contributed by atoms with Crippen LogP contribution in [-0.2, 0) is 21.4 Å². The minimum atomic E-state index is -3.69. The fourth-order valence-electron chi connectivity index (χ4n) is 1.22. The molecule has 0 bridgehead atoms. The molecule has 114 valence electrons. The van der Waals surface area contributed by atoms with Crippen LogP contribution in [0.3, 0.4) is 0 Å². The SMILES string of the molecule is CN(C)C(C)(C)CNS(=O)(=O)c1cnn(CC(=O)O)c1. The molecule has 0 fully saturated rings. The van der Waals surface area contributed by atoms with Gasteiger partial charge in [-0.2, -0.15) is 5.10 Å². The molecule has 1 aromatic heterocycles. The van der Waals surface area contributed by atoms with Crippen molar-refractivity contribution in [3.05, 3.63) is 12.4 Å². The third-order valence-corrected chi connectivity index (χ3v) is 4.48. The number of sulfonamides is 1. The molecule has 0 amide bonds. The molecular formula is C11H20N4O4S. The first-order valence-electron chi connectivity index (χ1n) is 5.96. The van der Waals surface area contributed by atoms with Gasteiger partial charge in [0.15, 0.2) is 0 Å². The van der Waals surface area contributed by atoms with Crippen molar-refractivity contribution >= 4 is 16.0 Å². The number of aromatic nitrogens is 2. The Morgan fingerprint density at radius 2 is 2.10 bits per heavy atom. The average molecular weight is 304 g/mol. The van der Waals surface area contributed by atoms with E-state index in [1.807, 2.05) is 32.8 Å². The summed E-state index contributed by atoms with van der Waals surface area (Å²) in [6.45, 7) is 3.66. The normalized spacial score (nSPS) is 12.8. The highest BCUT2D eigenvalue weighted by Crippen LogP contribution is 2.12. The molecule has 1 rings (SSSR count). The van der Waals surface area contributed by atoms with Crippen molar-refractivity contribution < 1.29 is 18.3 Å². The third kappa shape index (κ3) is 4.29. The standard InChI is InChI=1S/C11H20N4O4S/c1-11(2,14(3)4)8-13-20(18,19)9-5-12-15(6-9)7-10(16)17/h5-6,13H,7-8H2,1-4H3,(H,16,17). The summed E-state index contributed by atoms with van der Waals surface area (Å²) in [5.74, 6) is -1.08. The smallest absolute Gasteiger partial charge is 0.325 e. The number of nitrogens with one attached hydrogen (secondary N) is 1. The van der Waals surface area contributed by atoms with E-state index in [2.05, 4.69) is 9.82 Å². The van der Waals surface area contributed by atoms with Crippen molar-refractivity contribution in [3.63, 3.8) is 0 Å². The number of hydrogen-bond acceptors (Lipinski definition) is 5. The molecule has 0 saturated heterocycles. The molecule has 1 aromatic rings. The largest absolute Gasteiger partial charge is 0.480 e. The molecule has 2 N–H and O–H groups in total. The van der Waals surface area contributed by atoms with Crippen LogP contribution in [0.1, 0.15) is 13.8 Å². The van der Waals surface area contributed by atoms with E-state index in [9.17, 15) is 13.2 Å². The number of hydrogen-bond donors (Lipinski definition) is 2. The van der Waals surface area contributed by atoms with Gasteiger partial charge in [0.05, 0.1) is 6.20 Å². The highest BCUT2D eigenvalue weighted by Gasteiger charge is 2.25. The molecule has 20 heavy (non-hydrogen) atoms. The lowest BCUT2D eigenvalue weighted by Gasteiger charge is -2.32. The van der Waals surface area contributed by atoms with Gasteiger partial charge in [-0.15, -0.1) is 0 Å². The lowest BCUT2D eigenvalue weighted by atomic mass is 10.1. The van der Waals surface area contributed by atoms with Crippen LogP contribution in [0.5, 0.6) is 0 Å². The van der Waals surface area contributed by atoms with Gasteiger partial charge in [0.25, 0.3) is 0 Å². The first-order valence-corrected chi connectivity index (χ1v) is 7.44. The Morgan fingerprint density at radius 1 is 1.50 bits per heavy atom. The summed E-state index contributed by atoms with van der Waals surface area (Å²) in [5, 5.41) is 12.3. The van der Waals surface area contributed by atoms with Crippen LogP contribution < -0.4 is 4.72 Å². The lowest BCUT2D eigenvalue weighted by Crippen LogP contribution is -2.48. The monoisotopic (exact) mass is 304 g/mol. The predicted molar refractivity (Wildman–Crippen MR) is 72.8 cm³/mol. The molecule has 0 unspecified atom stereocenters. The second kappa shape index (κ2) is 5.90. The maximum absolute atomic E-state index is 12.1. The van der Waals surface area contributed by atoms with E-state index >= 15 is 0 Å². The molecule has 0 aliphatic heterocycles. The fraction of sp³-hybridized carbons (Fsp3) is 0.636. The van der Waals surface area contributed by atoms with Crippen LogP contribution in [0.4, 0.5) is 0 Å². The summed E-state index contributed by atoms with van der Waals surface area (Å²) in [6, 6.07) is 0. The van der Waals surface area contributed by atoms with Gasteiger partial charge in [-0.05, 0) is 27.9 Å². The number of nitrogens with zero attached hydrogens (tertiary/aromatic N) is 3. The molecule has 0 aromatic carbocycles. The van der Waals surface area contributed by atoms with E-state index in [-0.39, 0.29) is 23.5 Å². The van der Waals surface area contributed by atoms with E-state index in [4.69, 9.17) is 5.11 Å². The zero-order chi connectivity index (χ0) is 15.6. The fourth-order valence-corrected chi connectivity index (χ4v) is 2.38. The maximum Gasteiger partial charge on any atom is 0.325 e. The second-order valence-electron chi connectivity index (χ2n) is 5.30. The zero-order valence-electron chi connectivity index (χ0n) is 12.0. The van der Waals surface area contributed by atoms with Crippen molar-refractivity contribution in [2.75, 3.05) is 20.6 Å². The van der Waals surface area contributed by atoms with Gasteiger partial charge in [0.2, 0.25) is 10.0 Å². The van der Waals surface area contributed by atoms with Crippen LogP contribution >= 0.6 is 0 Å². The number of carboxylic acid groups (broad SMARTS) is 1. The molecule has 0 aliphatic rings. The lowest BCUT2D eigenvalue weighted by molar-refractivity contribution is -0.137. The molecule has 0 saturated carbocycles. The van der Waals surface area contributed by atoms with Gasteiger partial charge in [-0.25, -0.2) is 13.1 Å². The number of carbonyl (C=O) groups is 1. The molecule has 1 heterocycles. The first kappa shape index (κ1) is 16.6. The van der Waals surface area contributed by atoms with Gasteiger partial charge in [-0.3, -0.25) is 9.48 Å². The number of carboxylic acids is 1. The van der Waals surface area contributed by atoms with Crippen molar-refractivity contribution in [1.82, 2.24) is 19.4 Å². The summed E-state index contributed by atoms with van der Waals surface area (Å²) < 4.78 is 27.7. The quantitative estimate of drug-likeness (QED) is 0.709. The van der Waals surface area contributed by atoms with Gasteiger partial charge in [-0.1, -0.05) is 0 Å². The minimum Gasteiger partial charge on any atom is -0.480 e. The zero-order valence-corrected chi connectivity index (χ0v) is 12.8. The topological polar surface area (TPSA) is 105 Å². The Bertz CT molecular complexity index is 577. The van der Waals surface area contributed by atoms with Gasteiger partial charge in [0, 0.05) is 18.3 Å². The Labute approximate surface area is 118 Å². The second-order valence-corrected chi connectivity index (χ2v) is 7.07. The van der Waals surface area contributed by atoms with Crippen LogP contribution in [0.2, 0.25) is 0 Å². The van der Waals surface area contributed by atoms with E-state index in [1.54, 1.807) is 0 Å². The molecule has 9 heteroatoms. The summed E-state index contributed by atoms with van der Waals surface area (Å²) in [4.78, 5) is 12.4. The molecule has 0 atom stereocenters. The highest BCUT2D eigenvalue weighted by molar-refractivity contribution is 7.89. The van der Waals surface area contributed by atoms with Gasteiger partial charge < -0.3 is 10.0 Å². The Balaban J connectivity index is 2.79. The van der Waals surface area contributed by atoms with Gasteiger partial charge >= 0.3 is 5.97 Å². The summed E-state index contributed by atoms with van der Waals surface area (Å²) in [7, 11) is 0.0257. The molecular weight excluding hydrogens is 284 g/mol. The third-order valence-electron chi connectivity index (χ3n) is 3.12. The average Bonchev–Trinajstić information content (AvgIpc) is 2.75. The van der Waals surface area contributed by atoms with E-state index in [0.29, 0.717) is 0 Å². The Kier molecular flexibility index (Phi) is 4.90. The Morgan fingerprint density at radius 3 is 2.60 bits per heavy atom. The number of aliphatic carboxylic acids is 1. The van der Waals surface area contributed by atoms with Crippen LogP contribution in [-0.4, -0.2) is 60.4 Å². The van der Waals surface area contributed by atoms with Crippen molar-refractivity contribution in [2.45, 2.75) is 30.8 Å². The highest BCUT2D eigenvalue weighted by atomic mass is 32.2. The summed E-state index contributed by atoms with van der Waals surface area (Å²) in [5.41, 5.74) is -0.343. The van der Waals surface area contributed by atoms with E-state index in [1.165, 1.54) is 6.20 Å². The molecule has 8 nitrogen and oxygen atoms in total. The maximum atomic E-state index is 12.1. The van der Waals surface area contributed by atoms with E-state index < -0.39 is 16.0 Å². The summed E-state index contributed by atoms with van der Waals surface area (Å²) in [6.07, 6.45) is 2.33. The molecule has 0 spiro atoms. The number of likely N-dealkylation sites (N-methyl/N-ethyl adjacent to an activating group) is 1. The minimum absolute atomic E-state index is 0.0479. The molecule has 0 radical (unpaired) electrons. The van der Waals surface area contributed by atoms with Crippen molar-refractivity contribution in [3.8, 4) is 0 Å². The van der Waals surface area contributed by atoms with Crippen LogP contribution in [0, 0.1) is 0 Å². The van der Waals surface area contributed by atoms with E-state index in [0.717, 1.165) is 10.9 Å². The first-order chi connectivity index (χ1) is 9.04. The summed E-state index contributed by atoms with van der Waals surface area (Å²) >= 11 is 0. The van der Waals surface area contributed by atoms with Crippen molar-refractivity contribution in [1.29, 1.82) is 0 Å². The van der Waals surface area contributed by atoms with Gasteiger partial charge in [0.1, 0.15) is 11.4 Å². The van der Waals surface area contributed by atoms with Crippen LogP contribution in [0.25, 0.3) is 0 Å². The number of rotatable bonds is 7. The van der Waals surface area contributed by atoms with Crippen molar-refractivity contribution in [2.24, 2.45) is 0 Å². The predicted octanol–water partition coefficient (Wildman–Crippen LogP) is -0.414.